The average molecular weight is 276 g/mol. The molecule has 0 aliphatic heterocycles. The highest BCUT2D eigenvalue weighted by Gasteiger charge is 2.14. The summed E-state index contributed by atoms with van der Waals surface area (Å²) in [7, 11) is 0. The Labute approximate surface area is 117 Å². The van der Waals surface area contributed by atoms with Crippen molar-refractivity contribution >= 4 is 0 Å². The third-order valence-electron chi connectivity index (χ3n) is 3.22. The van der Waals surface area contributed by atoms with Crippen LogP contribution in [0.3, 0.4) is 0 Å². The molecule has 0 saturated heterocycles. The molecule has 0 amide bonds. The number of likely N-dealkylation sites (N-methyl/N-ethyl adjacent to an activating group) is 1. The van der Waals surface area contributed by atoms with Gasteiger partial charge in [-0.15, -0.1) is 0 Å². The topological polar surface area (TPSA) is 24.9 Å². The number of aryl methyl sites for hydroxylation is 1. The molecule has 0 radical (unpaired) electrons. The van der Waals surface area contributed by atoms with E-state index in [0.29, 0.717) is 12.0 Å². The van der Waals surface area contributed by atoms with E-state index in [0.717, 1.165) is 23.9 Å². The largest absolute Gasteiger partial charge is 0.310 e. The fourth-order valence-corrected chi connectivity index (χ4v) is 2.16. The minimum Gasteiger partial charge on any atom is -0.310 e. The fraction of sp³-hybridized carbons (Fsp3) is 0.312. The predicted molar refractivity (Wildman–Crippen MR) is 75.5 cm³/mol. The van der Waals surface area contributed by atoms with E-state index in [1.807, 2.05) is 26.0 Å². The standard InChI is InChI=1S/C16H18F2N2/c1-3-19-16(12-5-4-11(2)20-10-12)9-13-8-14(17)6-7-15(13)18/h4-8,10,16,19H,3,9H2,1-2H3. The Morgan fingerprint density at radius 1 is 1.20 bits per heavy atom. The predicted octanol–water partition coefficient (Wildman–Crippen LogP) is 3.56. The molecule has 2 rings (SSSR count). The minimum absolute atomic E-state index is 0.0793. The molecule has 4 heteroatoms. The highest BCUT2D eigenvalue weighted by atomic mass is 19.1. The lowest BCUT2D eigenvalue weighted by molar-refractivity contribution is 0.521. The van der Waals surface area contributed by atoms with Crippen LogP contribution in [0.5, 0.6) is 0 Å². The molecule has 0 spiro atoms. The maximum absolute atomic E-state index is 13.7. The maximum Gasteiger partial charge on any atom is 0.126 e. The van der Waals surface area contributed by atoms with E-state index in [4.69, 9.17) is 0 Å². The molecule has 1 aromatic heterocycles. The molecule has 1 unspecified atom stereocenters. The maximum atomic E-state index is 13.7. The van der Waals surface area contributed by atoms with E-state index < -0.39 is 5.82 Å². The summed E-state index contributed by atoms with van der Waals surface area (Å²) in [6.45, 7) is 4.64. The first kappa shape index (κ1) is 14.6. The summed E-state index contributed by atoms with van der Waals surface area (Å²) in [4.78, 5) is 4.26. The summed E-state index contributed by atoms with van der Waals surface area (Å²) in [6, 6.07) is 7.36. The van der Waals surface area contributed by atoms with Crippen molar-refractivity contribution in [2.45, 2.75) is 26.3 Å². The molecule has 20 heavy (non-hydrogen) atoms. The van der Waals surface area contributed by atoms with Gasteiger partial charge in [0.1, 0.15) is 11.6 Å². The molecule has 0 bridgehead atoms. The lowest BCUT2D eigenvalue weighted by atomic mass is 9.99. The highest BCUT2D eigenvalue weighted by Crippen LogP contribution is 2.20. The average Bonchev–Trinajstić information content (AvgIpc) is 2.43. The van der Waals surface area contributed by atoms with E-state index in [-0.39, 0.29) is 11.9 Å². The number of pyridine rings is 1. The zero-order chi connectivity index (χ0) is 14.5. The van der Waals surface area contributed by atoms with E-state index in [1.54, 1.807) is 6.20 Å². The Bertz CT molecular complexity index is 567. The van der Waals surface area contributed by atoms with Crippen LogP contribution in [0.1, 0.15) is 29.8 Å². The SMILES string of the molecule is CCNC(Cc1cc(F)ccc1F)c1ccc(C)nc1. The molecule has 0 aliphatic carbocycles. The van der Waals surface area contributed by atoms with Crippen LogP contribution in [0.15, 0.2) is 36.5 Å². The number of hydrogen-bond acceptors (Lipinski definition) is 2. The third-order valence-corrected chi connectivity index (χ3v) is 3.22. The van der Waals surface area contributed by atoms with Crippen molar-refractivity contribution in [3.8, 4) is 0 Å². The summed E-state index contributed by atoms with van der Waals surface area (Å²) in [5, 5.41) is 3.28. The molecule has 0 fully saturated rings. The molecule has 1 aromatic carbocycles. The Morgan fingerprint density at radius 2 is 2.00 bits per heavy atom. The van der Waals surface area contributed by atoms with Crippen LogP contribution in [0, 0.1) is 18.6 Å². The fourth-order valence-electron chi connectivity index (χ4n) is 2.16. The van der Waals surface area contributed by atoms with Gasteiger partial charge < -0.3 is 5.32 Å². The van der Waals surface area contributed by atoms with Crippen LogP contribution in [-0.4, -0.2) is 11.5 Å². The van der Waals surface area contributed by atoms with Crippen molar-refractivity contribution in [3.63, 3.8) is 0 Å². The number of nitrogens with one attached hydrogen (secondary N) is 1. The van der Waals surface area contributed by atoms with Gasteiger partial charge in [-0.05, 0) is 55.3 Å². The third kappa shape index (κ3) is 3.61. The molecule has 1 atom stereocenters. The number of rotatable bonds is 5. The zero-order valence-corrected chi connectivity index (χ0v) is 11.7. The van der Waals surface area contributed by atoms with Crippen molar-refractivity contribution < 1.29 is 8.78 Å². The van der Waals surface area contributed by atoms with Crippen molar-refractivity contribution in [2.24, 2.45) is 0 Å². The summed E-state index contributed by atoms with van der Waals surface area (Å²) < 4.78 is 27.0. The van der Waals surface area contributed by atoms with Crippen molar-refractivity contribution in [1.29, 1.82) is 0 Å². The quantitative estimate of drug-likeness (QED) is 0.903. The zero-order valence-electron chi connectivity index (χ0n) is 11.7. The van der Waals surface area contributed by atoms with Crippen molar-refractivity contribution in [2.75, 3.05) is 6.54 Å². The van der Waals surface area contributed by atoms with Gasteiger partial charge in [0.15, 0.2) is 0 Å². The second-order valence-corrected chi connectivity index (χ2v) is 4.78. The molecular formula is C16H18F2N2. The summed E-state index contributed by atoms with van der Waals surface area (Å²) >= 11 is 0. The smallest absolute Gasteiger partial charge is 0.126 e. The highest BCUT2D eigenvalue weighted by molar-refractivity contribution is 5.24. The summed E-state index contributed by atoms with van der Waals surface area (Å²) in [5.41, 5.74) is 2.28. The van der Waals surface area contributed by atoms with E-state index in [1.165, 1.54) is 12.1 Å². The first-order valence-corrected chi connectivity index (χ1v) is 6.70. The molecular weight excluding hydrogens is 258 g/mol. The lowest BCUT2D eigenvalue weighted by Crippen LogP contribution is -2.23. The Morgan fingerprint density at radius 3 is 2.65 bits per heavy atom. The van der Waals surface area contributed by atoms with Crippen LogP contribution in [0.2, 0.25) is 0 Å². The second kappa shape index (κ2) is 6.57. The summed E-state index contributed by atoms with van der Waals surface area (Å²) in [5.74, 6) is -0.798. The van der Waals surface area contributed by atoms with Gasteiger partial charge in [-0.25, -0.2) is 8.78 Å². The van der Waals surface area contributed by atoms with Crippen LogP contribution in [0.25, 0.3) is 0 Å². The van der Waals surface area contributed by atoms with Gasteiger partial charge in [-0.3, -0.25) is 4.98 Å². The Kier molecular flexibility index (Phi) is 4.79. The molecule has 2 nitrogen and oxygen atoms in total. The Balaban J connectivity index is 2.25. The van der Waals surface area contributed by atoms with Gasteiger partial charge in [-0.1, -0.05) is 13.0 Å². The van der Waals surface area contributed by atoms with E-state index in [2.05, 4.69) is 10.3 Å². The molecule has 1 heterocycles. The molecule has 0 saturated carbocycles. The van der Waals surface area contributed by atoms with Crippen molar-refractivity contribution in [3.05, 3.63) is 65.0 Å². The monoisotopic (exact) mass is 276 g/mol. The molecule has 106 valence electrons. The Hall–Kier alpha value is -1.81. The van der Waals surface area contributed by atoms with E-state index in [9.17, 15) is 8.78 Å². The van der Waals surface area contributed by atoms with E-state index >= 15 is 0 Å². The lowest BCUT2D eigenvalue weighted by Gasteiger charge is -2.18. The van der Waals surface area contributed by atoms with Crippen LogP contribution < -0.4 is 5.32 Å². The van der Waals surface area contributed by atoms with Crippen LogP contribution in [0.4, 0.5) is 8.78 Å². The number of aromatic nitrogens is 1. The van der Waals surface area contributed by atoms with Gasteiger partial charge in [0, 0.05) is 17.9 Å². The van der Waals surface area contributed by atoms with Gasteiger partial charge in [0.2, 0.25) is 0 Å². The molecule has 1 N–H and O–H groups in total. The minimum atomic E-state index is -0.418. The van der Waals surface area contributed by atoms with Gasteiger partial charge >= 0.3 is 0 Å². The number of hydrogen-bond donors (Lipinski definition) is 1. The number of halogens is 2. The normalized spacial score (nSPS) is 12.4. The van der Waals surface area contributed by atoms with Gasteiger partial charge in [0.05, 0.1) is 0 Å². The first-order chi connectivity index (χ1) is 9.60. The molecule has 0 aliphatic rings. The number of benzene rings is 1. The van der Waals surface area contributed by atoms with Crippen molar-refractivity contribution in [1.82, 2.24) is 10.3 Å². The van der Waals surface area contributed by atoms with Crippen LogP contribution >= 0.6 is 0 Å². The summed E-state index contributed by atoms with van der Waals surface area (Å²) in [6.07, 6.45) is 2.17. The van der Waals surface area contributed by atoms with Gasteiger partial charge in [-0.2, -0.15) is 0 Å². The number of nitrogens with zero attached hydrogens (tertiary/aromatic N) is 1. The second-order valence-electron chi connectivity index (χ2n) is 4.78. The molecule has 2 aromatic rings. The van der Waals surface area contributed by atoms with Gasteiger partial charge in [0.25, 0.3) is 0 Å². The van der Waals surface area contributed by atoms with Crippen LogP contribution in [-0.2, 0) is 6.42 Å². The first-order valence-electron chi connectivity index (χ1n) is 6.70.